The number of ether oxygens (including phenoxy) is 2. The van der Waals surface area contributed by atoms with Crippen molar-refractivity contribution >= 4 is 0 Å². The second-order valence-electron chi connectivity index (χ2n) is 6.92. The highest BCUT2D eigenvalue weighted by atomic mass is 16.5. The summed E-state index contributed by atoms with van der Waals surface area (Å²) >= 11 is 0. The van der Waals surface area contributed by atoms with E-state index >= 15 is 0 Å². The third-order valence-electron chi connectivity index (χ3n) is 4.07. The van der Waals surface area contributed by atoms with Crippen molar-refractivity contribution < 1.29 is 9.47 Å². The van der Waals surface area contributed by atoms with Gasteiger partial charge in [0, 0.05) is 11.6 Å². The van der Waals surface area contributed by atoms with Crippen LogP contribution in [-0.2, 0) is 5.41 Å². The minimum atomic E-state index is 0.0388. The fourth-order valence-electron chi connectivity index (χ4n) is 2.65. The Labute approximate surface area is 129 Å². The standard InChI is InChI=1S/C18H29NO2/c1-6-19-16(13-7-8-13)12-21-17-10-9-14(20-5)11-15(17)18(2,3)4/h9-11,13,16,19H,6-8,12H2,1-5H3. The molecule has 0 aromatic heterocycles. The molecule has 0 spiro atoms. The molecule has 1 fully saturated rings. The lowest BCUT2D eigenvalue weighted by Crippen LogP contribution is -2.36. The average molecular weight is 291 g/mol. The van der Waals surface area contributed by atoms with Crippen LogP contribution in [0.5, 0.6) is 11.5 Å². The number of nitrogens with one attached hydrogen (secondary N) is 1. The number of rotatable bonds is 7. The van der Waals surface area contributed by atoms with E-state index < -0.39 is 0 Å². The van der Waals surface area contributed by atoms with E-state index in [0.29, 0.717) is 6.04 Å². The lowest BCUT2D eigenvalue weighted by atomic mass is 9.86. The van der Waals surface area contributed by atoms with Crippen molar-refractivity contribution in [2.24, 2.45) is 5.92 Å². The van der Waals surface area contributed by atoms with E-state index in [0.717, 1.165) is 30.6 Å². The highest BCUT2D eigenvalue weighted by molar-refractivity contribution is 5.44. The van der Waals surface area contributed by atoms with Gasteiger partial charge < -0.3 is 14.8 Å². The third-order valence-corrected chi connectivity index (χ3v) is 4.07. The van der Waals surface area contributed by atoms with Gasteiger partial charge in [0.05, 0.1) is 7.11 Å². The van der Waals surface area contributed by atoms with Gasteiger partial charge in [0.1, 0.15) is 18.1 Å². The molecule has 2 rings (SSSR count). The molecule has 3 heteroatoms. The van der Waals surface area contributed by atoms with Crippen molar-refractivity contribution in [2.75, 3.05) is 20.3 Å². The van der Waals surface area contributed by atoms with Gasteiger partial charge in [-0.15, -0.1) is 0 Å². The summed E-state index contributed by atoms with van der Waals surface area (Å²) in [6, 6.07) is 6.58. The SMILES string of the molecule is CCNC(COc1ccc(OC)cc1C(C)(C)C)C1CC1. The van der Waals surface area contributed by atoms with Gasteiger partial charge in [-0.3, -0.25) is 0 Å². The molecule has 21 heavy (non-hydrogen) atoms. The molecule has 3 nitrogen and oxygen atoms in total. The van der Waals surface area contributed by atoms with E-state index in [1.807, 2.05) is 12.1 Å². The predicted octanol–water partition coefficient (Wildman–Crippen LogP) is 3.76. The van der Waals surface area contributed by atoms with Crippen LogP contribution in [0.4, 0.5) is 0 Å². The molecule has 1 aromatic carbocycles. The number of hydrogen-bond donors (Lipinski definition) is 1. The van der Waals surface area contributed by atoms with Crippen LogP contribution in [0, 0.1) is 5.92 Å². The van der Waals surface area contributed by atoms with Crippen molar-refractivity contribution in [3.63, 3.8) is 0 Å². The van der Waals surface area contributed by atoms with Gasteiger partial charge in [-0.1, -0.05) is 27.7 Å². The maximum absolute atomic E-state index is 6.16. The molecular weight excluding hydrogens is 262 g/mol. The Morgan fingerprint density at radius 2 is 2.00 bits per heavy atom. The Bertz CT molecular complexity index is 461. The fourth-order valence-corrected chi connectivity index (χ4v) is 2.65. The number of likely N-dealkylation sites (N-methyl/N-ethyl adjacent to an activating group) is 1. The second kappa shape index (κ2) is 6.69. The fraction of sp³-hybridized carbons (Fsp3) is 0.667. The number of methoxy groups -OCH3 is 1. The molecule has 1 aliphatic rings. The van der Waals surface area contributed by atoms with E-state index in [-0.39, 0.29) is 5.41 Å². The zero-order chi connectivity index (χ0) is 15.5. The minimum absolute atomic E-state index is 0.0388. The van der Waals surface area contributed by atoms with Gasteiger partial charge >= 0.3 is 0 Å². The molecule has 1 unspecified atom stereocenters. The van der Waals surface area contributed by atoms with Gasteiger partial charge in [0.25, 0.3) is 0 Å². The van der Waals surface area contributed by atoms with Crippen LogP contribution < -0.4 is 14.8 Å². The molecule has 0 amide bonds. The van der Waals surface area contributed by atoms with Gasteiger partial charge in [-0.2, -0.15) is 0 Å². The summed E-state index contributed by atoms with van der Waals surface area (Å²) in [6.07, 6.45) is 2.66. The zero-order valence-corrected chi connectivity index (χ0v) is 14.0. The Morgan fingerprint density at radius 1 is 1.29 bits per heavy atom. The first-order chi connectivity index (χ1) is 9.95. The van der Waals surface area contributed by atoms with Gasteiger partial charge in [0.2, 0.25) is 0 Å². The van der Waals surface area contributed by atoms with Crippen LogP contribution in [-0.4, -0.2) is 26.3 Å². The van der Waals surface area contributed by atoms with E-state index in [9.17, 15) is 0 Å². The van der Waals surface area contributed by atoms with Crippen LogP contribution in [0.25, 0.3) is 0 Å². The Kier molecular flexibility index (Phi) is 5.15. The molecule has 0 heterocycles. The quantitative estimate of drug-likeness (QED) is 0.829. The summed E-state index contributed by atoms with van der Waals surface area (Å²) in [5.41, 5.74) is 1.24. The van der Waals surface area contributed by atoms with Crippen LogP contribution >= 0.6 is 0 Å². The number of hydrogen-bond acceptors (Lipinski definition) is 3. The smallest absolute Gasteiger partial charge is 0.123 e. The largest absolute Gasteiger partial charge is 0.497 e. The Morgan fingerprint density at radius 3 is 2.52 bits per heavy atom. The van der Waals surface area contributed by atoms with Crippen LogP contribution in [0.2, 0.25) is 0 Å². The first-order valence-corrected chi connectivity index (χ1v) is 8.00. The molecule has 0 aliphatic heterocycles. The van der Waals surface area contributed by atoms with Crippen LogP contribution in [0.3, 0.4) is 0 Å². The Hall–Kier alpha value is -1.22. The molecule has 1 aliphatic carbocycles. The normalized spacial score (nSPS) is 16.6. The van der Waals surface area contributed by atoms with E-state index in [1.54, 1.807) is 7.11 Å². The van der Waals surface area contributed by atoms with E-state index in [4.69, 9.17) is 9.47 Å². The van der Waals surface area contributed by atoms with Crippen molar-refractivity contribution in [3.8, 4) is 11.5 Å². The minimum Gasteiger partial charge on any atom is -0.497 e. The van der Waals surface area contributed by atoms with Gasteiger partial charge in [-0.05, 0) is 48.9 Å². The second-order valence-corrected chi connectivity index (χ2v) is 6.92. The van der Waals surface area contributed by atoms with Crippen molar-refractivity contribution in [2.45, 2.75) is 52.0 Å². The molecular formula is C18H29NO2. The van der Waals surface area contributed by atoms with Gasteiger partial charge in [0.15, 0.2) is 0 Å². The van der Waals surface area contributed by atoms with Crippen LogP contribution in [0.1, 0.15) is 46.1 Å². The summed E-state index contributed by atoms with van der Waals surface area (Å²) in [7, 11) is 1.70. The molecule has 1 atom stereocenters. The maximum Gasteiger partial charge on any atom is 0.123 e. The zero-order valence-electron chi connectivity index (χ0n) is 14.0. The molecule has 118 valence electrons. The van der Waals surface area contributed by atoms with Crippen LogP contribution in [0.15, 0.2) is 18.2 Å². The summed E-state index contributed by atoms with van der Waals surface area (Å²) in [6.45, 7) is 10.5. The predicted molar refractivity (Wildman–Crippen MR) is 87.4 cm³/mol. The third kappa shape index (κ3) is 4.37. The first kappa shape index (κ1) is 16.2. The lowest BCUT2D eigenvalue weighted by Gasteiger charge is -2.25. The number of benzene rings is 1. The molecule has 0 bridgehead atoms. The summed E-state index contributed by atoms with van der Waals surface area (Å²) in [5.74, 6) is 2.66. The summed E-state index contributed by atoms with van der Waals surface area (Å²) in [5, 5.41) is 3.55. The molecule has 0 saturated heterocycles. The lowest BCUT2D eigenvalue weighted by molar-refractivity contribution is 0.246. The summed E-state index contributed by atoms with van der Waals surface area (Å²) in [4.78, 5) is 0. The first-order valence-electron chi connectivity index (χ1n) is 8.00. The summed E-state index contributed by atoms with van der Waals surface area (Å²) < 4.78 is 11.5. The Balaban J connectivity index is 2.11. The molecule has 1 saturated carbocycles. The maximum atomic E-state index is 6.16. The van der Waals surface area contributed by atoms with E-state index in [1.165, 1.54) is 18.4 Å². The monoisotopic (exact) mass is 291 g/mol. The molecule has 1 aromatic rings. The van der Waals surface area contributed by atoms with Crippen molar-refractivity contribution in [1.82, 2.24) is 5.32 Å². The van der Waals surface area contributed by atoms with Gasteiger partial charge in [-0.25, -0.2) is 0 Å². The van der Waals surface area contributed by atoms with Crippen molar-refractivity contribution in [3.05, 3.63) is 23.8 Å². The van der Waals surface area contributed by atoms with E-state index in [2.05, 4.69) is 39.1 Å². The molecule has 1 N–H and O–H groups in total. The average Bonchev–Trinajstić information content (AvgIpc) is 3.27. The molecule has 0 radical (unpaired) electrons. The van der Waals surface area contributed by atoms with Crippen molar-refractivity contribution in [1.29, 1.82) is 0 Å². The highest BCUT2D eigenvalue weighted by Gasteiger charge is 2.31. The highest BCUT2D eigenvalue weighted by Crippen LogP contribution is 2.36. The topological polar surface area (TPSA) is 30.5 Å².